The minimum Gasteiger partial charge on any atom is -0.367 e. The molecule has 2 aromatic heterocycles. The Kier molecular flexibility index (Phi) is 5.50. The molecule has 2 aliphatic rings. The summed E-state index contributed by atoms with van der Waals surface area (Å²) in [5.74, 6) is 1.01. The lowest BCUT2D eigenvalue weighted by Crippen LogP contribution is -2.41. The second kappa shape index (κ2) is 7.96. The van der Waals surface area contributed by atoms with Crippen molar-refractivity contribution in [1.29, 1.82) is 0 Å². The predicted molar refractivity (Wildman–Crippen MR) is 103 cm³/mol. The van der Waals surface area contributed by atoms with E-state index in [1.165, 1.54) is 6.20 Å². The van der Waals surface area contributed by atoms with Crippen LogP contribution in [0, 0.1) is 5.92 Å². The first-order valence-electron chi connectivity index (χ1n) is 10.4. The van der Waals surface area contributed by atoms with Gasteiger partial charge in [0.05, 0.1) is 17.9 Å². The monoisotopic (exact) mass is 425 g/mol. The van der Waals surface area contributed by atoms with E-state index in [2.05, 4.69) is 15.6 Å². The Morgan fingerprint density at radius 1 is 1.40 bits per heavy atom. The van der Waals surface area contributed by atoms with Crippen molar-refractivity contribution in [2.24, 2.45) is 5.92 Å². The molecule has 4 heterocycles. The normalized spacial score (nSPS) is 24.2. The largest absolute Gasteiger partial charge is 0.410 e. The van der Waals surface area contributed by atoms with Crippen molar-refractivity contribution in [2.45, 2.75) is 70.3 Å². The molecule has 2 aromatic rings. The Hall–Kier alpha value is -2.52. The molecule has 0 radical (unpaired) electrons. The van der Waals surface area contributed by atoms with E-state index < -0.39 is 12.2 Å². The molecular formula is C20H26F3N5O2. The number of anilines is 1. The van der Waals surface area contributed by atoms with Crippen LogP contribution in [0.1, 0.15) is 63.1 Å². The third-order valence-electron chi connectivity index (χ3n) is 6.03. The molecule has 0 saturated carbocycles. The second-order valence-corrected chi connectivity index (χ2v) is 8.41. The highest BCUT2D eigenvalue weighted by Crippen LogP contribution is 2.42. The van der Waals surface area contributed by atoms with Gasteiger partial charge >= 0.3 is 6.18 Å². The van der Waals surface area contributed by atoms with Crippen LogP contribution in [0.4, 0.5) is 19.0 Å². The molecule has 164 valence electrons. The second-order valence-electron chi connectivity index (χ2n) is 8.41. The third kappa shape index (κ3) is 4.04. The molecular weight excluding hydrogens is 399 g/mol. The minimum atomic E-state index is -4.38. The first-order chi connectivity index (χ1) is 14.2. The SMILES string of the molecule is CC(C)[C@@H]1C[C@H](C(F)(F)F)n2nc(C3CCCN3C(=O)CCc3ccno3)cc2N1. The summed E-state index contributed by atoms with van der Waals surface area (Å²) in [4.78, 5) is 14.5. The molecule has 1 N–H and O–H groups in total. The van der Waals surface area contributed by atoms with Crippen LogP contribution in [0.15, 0.2) is 22.9 Å². The van der Waals surface area contributed by atoms with Crippen molar-refractivity contribution in [1.82, 2.24) is 19.8 Å². The smallest absolute Gasteiger partial charge is 0.367 e. The van der Waals surface area contributed by atoms with Crippen LogP contribution in [0.2, 0.25) is 0 Å². The molecule has 1 fully saturated rings. The van der Waals surface area contributed by atoms with E-state index in [-0.39, 0.29) is 36.8 Å². The predicted octanol–water partition coefficient (Wildman–Crippen LogP) is 4.11. The van der Waals surface area contributed by atoms with Crippen LogP contribution in [0.5, 0.6) is 0 Å². The molecule has 0 aromatic carbocycles. The zero-order valence-electron chi connectivity index (χ0n) is 17.0. The number of nitrogens with one attached hydrogen (secondary N) is 1. The lowest BCUT2D eigenvalue weighted by Gasteiger charge is -2.35. The zero-order valence-corrected chi connectivity index (χ0v) is 17.0. The van der Waals surface area contributed by atoms with Gasteiger partial charge in [0, 0.05) is 37.6 Å². The quantitative estimate of drug-likeness (QED) is 0.780. The first kappa shape index (κ1) is 20.7. The summed E-state index contributed by atoms with van der Waals surface area (Å²) in [6.45, 7) is 4.39. The maximum Gasteiger partial charge on any atom is 0.410 e. The lowest BCUT2D eigenvalue weighted by atomic mass is 9.94. The van der Waals surface area contributed by atoms with E-state index in [0.29, 0.717) is 36.7 Å². The highest BCUT2D eigenvalue weighted by molar-refractivity contribution is 5.77. The van der Waals surface area contributed by atoms with Gasteiger partial charge in [-0.2, -0.15) is 18.3 Å². The van der Waals surface area contributed by atoms with Gasteiger partial charge in [0.2, 0.25) is 5.91 Å². The van der Waals surface area contributed by atoms with Crippen LogP contribution < -0.4 is 5.32 Å². The Morgan fingerprint density at radius 2 is 2.20 bits per heavy atom. The number of hydrogen-bond donors (Lipinski definition) is 1. The maximum absolute atomic E-state index is 13.7. The molecule has 7 nitrogen and oxygen atoms in total. The Labute approximate surface area is 172 Å². The van der Waals surface area contributed by atoms with Gasteiger partial charge in [-0.05, 0) is 25.2 Å². The van der Waals surface area contributed by atoms with Gasteiger partial charge < -0.3 is 14.7 Å². The molecule has 0 spiro atoms. The number of rotatable bonds is 5. The van der Waals surface area contributed by atoms with Gasteiger partial charge in [-0.1, -0.05) is 19.0 Å². The molecule has 3 atom stereocenters. The highest BCUT2D eigenvalue weighted by atomic mass is 19.4. The molecule has 2 aliphatic heterocycles. The molecule has 0 aliphatic carbocycles. The molecule has 1 unspecified atom stereocenters. The molecule has 4 rings (SSSR count). The lowest BCUT2D eigenvalue weighted by molar-refractivity contribution is -0.174. The number of carbonyl (C=O) groups excluding carboxylic acids is 1. The first-order valence-corrected chi connectivity index (χ1v) is 10.4. The number of amides is 1. The van der Waals surface area contributed by atoms with E-state index in [0.717, 1.165) is 11.1 Å². The number of fused-ring (bicyclic) bond motifs is 1. The van der Waals surface area contributed by atoms with E-state index >= 15 is 0 Å². The van der Waals surface area contributed by atoms with Crippen molar-refractivity contribution in [2.75, 3.05) is 11.9 Å². The van der Waals surface area contributed by atoms with Crippen molar-refractivity contribution in [3.05, 3.63) is 29.8 Å². The van der Waals surface area contributed by atoms with E-state index in [1.807, 2.05) is 13.8 Å². The number of alkyl halides is 3. The Morgan fingerprint density at radius 3 is 2.87 bits per heavy atom. The average molecular weight is 425 g/mol. The summed E-state index contributed by atoms with van der Waals surface area (Å²) < 4.78 is 47.2. The third-order valence-corrected chi connectivity index (χ3v) is 6.03. The van der Waals surface area contributed by atoms with Gasteiger partial charge in [-0.25, -0.2) is 4.68 Å². The average Bonchev–Trinajstić information content (AvgIpc) is 3.43. The summed E-state index contributed by atoms with van der Waals surface area (Å²) >= 11 is 0. The Balaban J connectivity index is 1.54. The number of carbonyl (C=O) groups is 1. The fraction of sp³-hybridized carbons (Fsp3) is 0.650. The number of likely N-dealkylation sites (tertiary alicyclic amines) is 1. The molecule has 1 amide bonds. The van der Waals surface area contributed by atoms with Gasteiger partial charge in [0.1, 0.15) is 11.6 Å². The summed E-state index contributed by atoms with van der Waals surface area (Å²) in [7, 11) is 0. The highest BCUT2D eigenvalue weighted by Gasteiger charge is 2.47. The van der Waals surface area contributed by atoms with Crippen LogP contribution >= 0.6 is 0 Å². The molecule has 0 bridgehead atoms. The number of nitrogens with zero attached hydrogens (tertiary/aromatic N) is 4. The zero-order chi connectivity index (χ0) is 21.5. The van der Waals surface area contributed by atoms with Gasteiger partial charge in [0.25, 0.3) is 0 Å². The van der Waals surface area contributed by atoms with Gasteiger partial charge in [0.15, 0.2) is 6.04 Å². The Bertz CT molecular complexity index is 878. The van der Waals surface area contributed by atoms with Crippen LogP contribution in [0.25, 0.3) is 0 Å². The number of aromatic nitrogens is 3. The van der Waals surface area contributed by atoms with Crippen LogP contribution in [-0.4, -0.2) is 44.5 Å². The fourth-order valence-electron chi connectivity index (χ4n) is 4.34. The maximum atomic E-state index is 13.7. The van der Waals surface area contributed by atoms with E-state index in [1.54, 1.807) is 17.0 Å². The topological polar surface area (TPSA) is 76.2 Å². The molecule has 1 saturated heterocycles. The van der Waals surface area contributed by atoms with Gasteiger partial charge in [-0.3, -0.25) is 4.79 Å². The van der Waals surface area contributed by atoms with E-state index in [9.17, 15) is 18.0 Å². The van der Waals surface area contributed by atoms with Crippen LogP contribution in [0.3, 0.4) is 0 Å². The molecule has 30 heavy (non-hydrogen) atoms. The standard InChI is InChI=1S/C20H26F3N5O2/c1-12(2)14-10-17(20(21,22)23)28-18(25-14)11-15(26-28)16-4-3-9-27(16)19(29)6-5-13-7-8-24-30-13/h7-8,11-12,14,16-17,25H,3-6,9-10H2,1-2H3/t14-,16?,17+/m0/s1. The fourth-order valence-corrected chi connectivity index (χ4v) is 4.34. The molecule has 10 heteroatoms. The number of halogens is 3. The van der Waals surface area contributed by atoms with Crippen molar-refractivity contribution in [3.63, 3.8) is 0 Å². The summed E-state index contributed by atoms with van der Waals surface area (Å²) in [6, 6.07) is 1.15. The summed E-state index contributed by atoms with van der Waals surface area (Å²) in [5, 5.41) is 11.2. The van der Waals surface area contributed by atoms with Gasteiger partial charge in [-0.15, -0.1) is 0 Å². The number of hydrogen-bond acceptors (Lipinski definition) is 5. The van der Waals surface area contributed by atoms with Crippen molar-refractivity contribution < 1.29 is 22.5 Å². The van der Waals surface area contributed by atoms with E-state index in [4.69, 9.17) is 4.52 Å². The van der Waals surface area contributed by atoms with Crippen molar-refractivity contribution >= 4 is 11.7 Å². The summed E-state index contributed by atoms with van der Waals surface area (Å²) in [6.07, 6.45) is -0.716. The van der Waals surface area contributed by atoms with Crippen LogP contribution in [-0.2, 0) is 11.2 Å². The number of aryl methyl sites for hydroxylation is 1. The minimum absolute atomic E-state index is 0.0553. The van der Waals surface area contributed by atoms with Crippen molar-refractivity contribution in [3.8, 4) is 0 Å². The summed E-state index contributed by atoms with van der Waals surface area (Å²) in [5.41, 5.74) is 0.515.